The number of aromatic nitrogens is 1. The van der Waals surface area contributed by atoms with Crippen molar-refractivity contribution in [3.63, 3.8) is 0 Å². The van der Waals surface area contributed by atoms with Gasteiger partial charge in [-0.25, -0.2) is 0 Å². The van der Waals surface area contributed by atoms with Crippen LogP contribution in [0.2, 0.25) is 0 Å². The summed E-state index contributed by atoms with van der Waals surface area (Å²) < 4.78 is 0. The van der Waals surface area contributed by atoms with Crippen molar-refractivity contribution in [3.8, 4) is 0 Å². The van der Waals surface area contributed by atoms with Gasteiger partial charge in [0.2, 0.25) is 0 Å². The lowest BCUT2D eigenvalue weighted by Crippen LogP contribution is -2.26. The Bertz CT molecular complexity index is 538. The number of fused-ring (bicyclic) bond motifs is 1. The molecule has 0 spiro atoms. The molecule has 3 unspecified atom stereocenters. The second kappa shape index (κ2) is 4.54. The first-order valence-electron chi connectivity index (χ1n) is 6.43. The molecule has 0 amide bonds. The molecule has 1 N–H and O–H groups in total. The van der Waals surface area contributed by atoms with Crippen molar-refractivity contribution >= 4 is 0 Å². The summed E-state index contributed by atoms with van der Waals surface area (Å²) in [6.45, 7) is 2.21. The molecular weight excluding hydrogens is 222 g/mol. The molecule has 1 heterocycles. The number of nitrogens with zero attached hydrogens (tertiary/aromatic N) is 1. The van der Waals surface area contributed by atoms with E-state index in [-0.39, 0.29) is 5.92 Å². The van der Waals surface area contributed by atoms with Gasteiger partial charge in [-0.1, -0.05) is 37.3 Å². The van der Waals surface area contributed by atoms with Gasteiger partial charge < -0.3 is 5.11 Å². The van der Waals surface area contributed by atoms with E-state index in [0.29, 0.717) is 5.92 Å². The number of hydrogen-bond donors (Lipinski definition) is 1. The summed E-state index contributed by atoms with van der Waals surface area (Å²) >= 11 is 0. The molecule has 1 aromatic heterocycles. The smallest absolute Gasteiger partial charge is 0.0864 e. The maximum Gasteiger partial charge on any atom is 0.0864 e. The summed E-state index contributed by atoms with van der Waals surface area (Å²) in [6, 6.07) is 12.2. The molecule has 0 bridgehead atoms. The lowest BCUT2D eigenvalue weighted by Gasteiger charge is -2.35. The molecule has 0 fully saturated rings. The molecule has 2 aromatic rings. The Balaban J connectivity index is 2.03. The molecule has 3 atom stereocenters. The number of aliphatic hydroxyl groups excluding tert-OH is 1. The number of benzene rings is 1. The molecule has 2 heteroatoms. The Morgan fingerprint density at radius 3 is 2.78 bits per heavy atom. The van der Waals surface area contributed by atoms with E-state index in [1.165, 1.54) is 5.56 Å². The van der Waals surface area contributed by atoms with E-state index in [4.69, 9.17) is 0 Å². The first-order valence-corrected chi connectivity index (χ1v) is 6.43. The minimum Gasteiger partial charge on any atom is -0.388 e. The van der Waals surface area contributed by atoms with E-state index in [9.17, 15) is 5.11 Å². The van der Waals surface area contributed by atoms with Crippen LogP contribution in [-0.2, 0) is 6.42 Å². The van der Waals surface area contributed by atoms with Gasteiger partial charge in [0.25, 0.3) is 0 Å². The molecular formula is C16H17NO. The molecule has 0 saturated heterocycles. The zero-order chi connectivity index (χ0) is 12.5. The average Bonchev–Trinajstić information content (AvgIpc) is 2.40. The maximum atomic E-state index is 10.6. The molecule has 1 aromatic carbocycles. The summed E-state index contributed by atoms with van der Waals surface area (Å²) in [5.41, 5.74) is 3.48. The quantitative estimate of drug-likeness (QED) is 0.829. The Morgan fingerprint density at radius 1 is 1.17 bits per heavy atom. The van der Waals surface area contributed by atoms with Crippen LogP contribution in [0.15, 0.2) is 48.8 Å². The predicted octanol–water partition coefficient (Wildman–Crippen LogP) is 3.09. The number of rotatable bonds is 1. The number of aliphatic hydroxyl groups is 1. The largest absolute Gasteiger partial charge is 0.388 e. The summed E-state index contributed by atoms with van der Waals surface area (Å²) in [6.07, 6.45) is 4.25. The van der Waals surface area contributed by atoms with Crippen LogP contribution < -0.4 is 0 Å². The Kier molecular flexibility index (Phi) is 2.88. The van der Waals surface area contributed by atoms with Gasteiger partial charge in [-0.3, -0.25) is 4.98 Å². The molecule has 0 aliphatic heterocycles. The van der Waals surface area contributed by atoms with E-state index in [2.05, 4.69) is 24.0 Å². The van der Waals surface area contributed by atoms with E-state index in [1.807, 2.05) is 30.5 Å². The maximum absolute atomic E-state index is 10.6. The van der Waals surface area contributed by atoms with Crippen molar-refractivity contribution < 1.29 is 5.11 Å². The normalized spacial score (nSPS) is 26.7. The van der Waals surface area contributed by atoms with Gasteiger partial charge in [0.05, 0.1) is 6.10 Å². The summed E-state index contributed by atoms with van der Waals surface area (Å²) in [4.78, 5) is 4.17. The third-order valence-corrected chi connectivity index (χ3v) is 3.94. The minimum absolute atomic E-state index is 0.147. The fourth-order valence-electron chi connectivity index (χ4n) is 3.07. The lowest BCUT2D eigenvalue weighted by atomic mass is 9.72. The molecule has 1 aliphatic carbocycles. The summed E-state index contributed by atoms with van der Waals surface area (Å²) in [5, 5.41) is 10.6. The fourth-order valence-corrected chi connectivity index (χ4v) is 3.07. The van der Waals surface area contributed by atoms with E-state index in [0.717, 1.165) is 17.5 Å². The standard InChI is InChI=1S/C16H17NO/c1-11-9-12-5-2-3-7-14(12)16(18)15(11)13-6-4-8-17-10-13/h2-8,10-11,15-16,18H,9H2,1H3. The van der Waals surface area contributed by atoms with Gasteiger partial charge in [-0.2, -0.15) is 0 Å². The Hall–Kier alpha value is -1.67. The van der Waals surface area contributed by atoms with Gasteiger partial charge in [-0.15, -0.1) is 0 Å². The lowest BCUT2D eigenvalue weighted by molar-refractivity contribution is 0.107. The van der Waals surface area contributed by atoms with Crippen LogP contribution in [0, 0.1) is 5.92 Å². The first kappa shape index (κ1) is 11.4. The highest BCUT2D eigenvalue weighted by atomic mass is 16.3. The number of pyridine rings is 1. The Labute approximate surface area is 107 Å². The van der Waals surface area contributed by atoms with Crippen molar-refractivity contribution in [1.82, 2.24) is 4.98 Å². The van der Waals surface area contributed by atoms with E-state index < -0.39 is 6.10 Å². The van der Waals surface area contributed by atoms with Crippen molar-refractivity contribution in [2.75, 3.05) is 0 Å². The highest BCUT2D eigenvalue weighted by Gasteiger charge is 2.34. The van der Waals surface area contributed by atoms with Crippen molar-refractivity contribution in [2.45, 2.75) is 25.4 Å². The molecule has 92 valence electrons. The van der Waals surface area contributed by atoms with Crippen LogP contribution in [0.4, 0.5) is 0 Å². The monoisotopic (exact) mass is 239 g/mol. The van der Waals surface area contributed by atoms with E-state index in [1.54, 1.807) is 6.20 Å². The van der Waals surface area contributed by atoms with Crippen LogP contribution in [0.5, 0.6) is 0 Å². The van der Waals surface area contributed by atoms with Crippen LogP contribution >= 0.6 is 0 Å². The Morgan fingerprint density at radius 2 is 2.00 bits per heavy atom. The van der Waals surface area contributed by atoms with Crippen molar-refractivity contribution in [1.29, 1.82) is 0 Å². The SMILES string of the molecule is CC1Cc2ccccc2C(O)C1c1cccnc1. The van der Waals surface area contributed by atoms with Crippen LogP contribution in [0.3, 0.4) is 0 Å². The van der Waals surface area contributed by atoms with Gasteiger partial charge in [0, 0.05) is 18.3 Å². The average molecular weight is 239 g/mol. The van der Waals surface area contributed by atoms with Crippen molar-refractivity contribution in [2.24, 2.45) is 5.92 Å². The molecule has 0 radical (unpaired) electrons. The second-order valence-electron chi connectivity index (χ2n) is 5.14. The highest BCUT2D eigenvalue weighted by molar-refractivity contribution is 5.36. The van der Waals surface area contributed by atoms with Crippen LogP contribution in [0.25, 0.3) is 0 Å². The summed E-state index contributed by atoms with van der Waals surface area (Å²) in [5.74, 6) is 0.577. The van der Waals surface area contributed by atoms with Crippen LogP contribution in [0.1, 0.15) is 35.6 Å². The van der Waals surface area contributed by atoms with Gasteiger partial charge in [0.15, 0.2) is 0 Å². The zero-order valence-electron chi connectivity index (χ0n) is 10.5. The molecule has 2 nitrogen and oxygen atoms in total. The molecule has 3 rings (SSSR count). The molecule has 1 aliphatic rings. The minimum atomic E-state index is -0.422. The van der Waals surface area contributed by atoms with Crippen molar-refractivity contribution in [3.05, 3.63) is 65.5 Å². The third kappa shape index (κ3) is 1.83. The van der Waals surface area contributed by atoms with E-state index >= 15 is 0 Å². The van der Waals surface area contributed by atoms with Gasteiger partial charge >= 0.3 is 0 Å². The topological polar surface area (TPSA) is 33.1 Å². The van der Waals surface area contributed by atoms with Crippen LogP contribution in [-0.4, -0.2) is 10.1 Å². The third-order valence-electron chi connectivity index (χ3n) is 3.94. The second-order valence-corrected chi connectivity index (χ2v) is 5.14. The van der Waals surface area contributed by atoms with Gasteiger partial charge in [-0.05, 0) is 35.1 Å². The highest BCUT2D eigenvalue weighted by Crippen LogP contribution is 2.43. The number of hydrogen-bond acceptors (Lipinski definition) is 2. The fraction of sp³-hybridized carbons (Fsp3) is 0.312. The summed E-state index contributed by atoms with van der Waals surface area (Å²) in [7, 11) is 0. The first-order chi connectivity index (χ1) is 8.77. The zero-order valence-corrected chi connectivity index (χ0v) is 10.5. The molecule has 0 saturated carbocycles. The predicted molar refractivity (Wildman–Crippen MR) is 71.2 cm³/mol. The van der Waals surface area contributed by atoms with Gasteiger partial charge in [0.1, 0.15) is 0 Å². The molecule has 18 heavy (non-hydrogen) atoms.